The molecule has 2 atom stereocenters. The summed E-state index contributed by atoms with van der Waals surface area (Å²) in [6.45, 7) is 5.06. The van der Waals surface area contributed by atoms with Crippen molar-refractivity contribution in [1.29, 1.82) is 0 Å². The lowest BCUT2D eigenvalue weighted by molar-refractivity contribution is 0.167. The molecule has 22 heavy (non-hydrogen) atoms. The molecule has 5 heteroatoms. The molecule has 2 heterocycles. The Kier molecular flexibility index (Phi) is 4.16. The average molecular weight is 300 g/mol. The first-order valence-electron chi connectivity index (χ1n) is 7.89. The number of rotatable bonds is 4. The van der Waals surface area contributed by atoms with E-state index < -0.39 is 0 Å². The molecule has 5 nitrogen and oxygen atoms in total. The van der Waals surface area contributed by atoms with Crippen molar-refractivity contribution in [1.82, 2.24) is 15.1 Å². The molecule has 0 N–H and O–H groups in total. The highest BCUT2D eigenvalue weighted by Gasteiger charge is 2.32. The Balaban J connectivity index is 1.85. The lowest BCUT2D eigenvalue weighted by atomic mass is 10.0. The van der Waals surface area contributed by atoms with E-state index in [1.165, 1.54) is 24.1 Å². The van der Waals surface area contributed by atoms with E-state index >= 15 is 0 Å². The molecule has 1 aromatic heterocycles. The minimum Gasteiger partial charge on any atom is -0.424 e. The third kappa shape index (κ3) is 2.86. The zero-order valence-corrected chi connectivity index (χ0v) is 13.8. The van der Waals surface area contributed by atoms with E-state index in [-0.39, 0.29) is 6.04 Å². The normalized spacial score (nSPS) is 20.3. The van der Waals surface area contributed by atoms with Crippen LogP contribution in [0.15, 0.2) is 28.7 Å². The summed E-state index contributed by atoms with van der Waals surface area (Å²) in [6.07, 6.45) is 2.38. The molecule has 0 saturated carbocycles. The van der Waals surface area contributed by atoms with Crippen LogP contribution in [-0.4, -0.2) is 35.7 Å². The predicted octanol–water partition coefficient (Wildman–Crippen LogP) is 3.34. The van der Waals surface area contributed by atoms with Gasteiger partial charge >= 0.3 is 0 Å². The summed E-state index contributed by atoms with van der Waals surface area (Å²) < 4.78 is 5.63. The second kappa shape index (κ2) is 6.08. The summed E-state index contributed by atoms with van der Waals surface area (Å²) in [6, 6.07) is 9.37. The molecule has 1 fully saturated rings. The summed E-state index contributed by atoms with van der Waals surface area (Å²) in [5, 5.41) is 8.16. The molecule has 0 amide bonds. The summed E-state index contributed by atoms with van der Waals surface area (Å²) in [5.41, 5.74) is 2.61. The van der Waals surface area contributed by atoms with E-state index in [2.05, 4.69) is 65.3 Å². The maximum Gasteiger partial charge on any atom is 0.233 e. The highest BCUT2D eigenvalue weighted by atomic mass is 16.4. The SMILES string of the molecule is Cc1nnc([C@@H](C)N2CCC[C@@H]2c2cccc(N(C)C)c2)o1. The van der Waals surface area contributed by atoms with Crippen LogP contribution < -0.4 is 4.90 Å². The number of nitrogens with zero attached hydrogens (tertiary/aromatic N) is 4. The highest BCUT2D eigenvalue weighted by Crippen LogP contribution is 2.38. The first-order chi connectivity index (χ1) is 10.6. The number of aryl methyl sites for hydroxylation is 1. The van der Waals surface area contributed by atoms with Gasteiger partial charge in [0.25, 0.3) is 0 Å². The summed E-state index contributed by atoms with van der Waals surface area (Å²) in [5.74, 6) is 1.35. The molecular weight excluding hydrogens is 276 g/mol. The lowest BCUT2D eigenvalue weighted by Gasteiger charge is -2.29. The van der Waals surface area contributed by atoms with Crippen molar-refractivity contribution in [3.8, 4) is 0 Å². The Hall–Kier alpha value is -1.88. The van der Waals surface area contributed by atoms with Crippen LogP contribution in [0.2, 0.25) is 0 Å². The lowest BCUT2D eigenvalue weighted by Crippen LogP contribution is -2.27. The van der Waals surface area contributed by atoms with Crippen LogP contribution in [0.4, 0.5) is 5.69 Å². The standard InChI is InChI=1S/C17H24N4O/c1-12(17-19-18-13(2)22-17)21-10-6-9-16(21)14-7-5-8-15(11-14)20(3)4/h5,7-8,11-12,16H,6,9-10H2,1-4H3/t12-,16-/m1/s1. The van der Waals surface area contributed by atoms with Crippen molar-refractivity contribution in [2.24, 2.45) is 0 Å². The van der Waals surface area contributed by atoms with E-state index in [0.717, 1.165) is 6.54 Å². The Bertz CT molecular complexity index is 637. The minimum atomic E-state index is 0.150. The van der Waals surface area contributed by atoms with Crippen LogP contribution in [0.3, 0.4) is 0 Å². The highest BCUT2D eigenvalue weighted by molar-refractivity contribution is 5.48. The molecule has 0 radical (unpaired) electrons. The number of hydrogen-bond donors (Lipinski definition) is 0. The molecule has 1 aliphatic rings. The molecule has 1 saturated heterocycles. The zero-order valence-electron chi connectivity index (χ0n) is 13.8. The number of hydrogen-bond acceptors (Lipinski definition) is 5. The molecule has 0 aliphatic carbocycles. The fraction of sp³-hybridized carbons (Fsp3) is 0.529. The maximum atomic E-state index is 5.63. The average Bonchev–Trinajstić information content (AvgIpc) is 3.15. The fourth-order valence-electron chi connectivity index (χ4n) is 3.24. The summed E-state index contributed by atoms with van der Waals surface area (Å²) in [7, 11) is 4.16. The molecule has 3 rings (SSSR count). The third-order valence-corrected chi connectivity index (χ3v) is 4.46. The van der Waals surface area contributed by atoms with Crippen LogP contribution >= 0.6 is 0 Å². The van der Waals surface area contributed by atoms with Gasteiger partial charge in [0.05, 0.1) is 6.04 Å². The van der Waals surface area contributed by atoms with E-state index in [0.29, 0.717) is 17.8 Å². The van der Waals surface area contributed by atoms with Crippen molar-refractivity contribution in [2.45, 2.75) is 38.8 Å². The first-order valence-corrected chi connectivity index (χ1v) is 7.89. The number of anilines is 1. The number of likely N-dealkylation sites (tertiary alicyclic amines) is 1. The van der Waals surface area contributed by atoms with Gasteiger partial charge in [-0.2, -0.15) is 0 Å². The van der Waals surface area contributed by atoms with Gasteiger partial charge in [-0.05, 0) is 44.0 Å². The quantitative estimate of drug-likeness (QED) is 0.866. The van der Waals surface area contributed by atoms with Crippen LogP contribution in [-0.2, 0) is 0 Å². The van der Waals surface area contributed by atoms with Gasteiger partial charge in [-0.1, -0.05) is 12.1 Å². The molecule has 1 aromatic carbocycles. The van der Waals surface area contributed by atoms with Gasteiger partial charge in [-0.3, -0.25) is 4.90 Å². The van der Waals surface area contributed by atoms with Gasteiger partial charge in [0.2, 0.25) is 11.8 Å². The maximum absolute atomic E-state index is 5.63. The molecular formula is C17H24N4O. The van der Waals surface area contributed by atoms with E-state index in [4.69, 9.17) is 4.42 Å². The van der Waals surface area contributed by atoms with Crippen LogP contribution in [0.5, 0.6) is 0 Å². The smallest absolute Gasteiger partial charge is 0.233 e. The van der Waals surface area contributed by atoms with Gasteiger partial charge in [-0.25, -0.2) is 0 Å². The van der Waals surface area contributed by atoms with Gasteiger partial charge in [0, 0.05) is 32.7 Å². The Labute approximate surface area is 131 Å². The van der Waals surface area contributed by atoms with E-state index in [1.807, 2.05) is 6.92 Å². The molecule has 0 spiro atoms. The van der Waals surface area contributed by atoms with Crippen LogP contribution in [0, 0.1) is 6.92 Å². The zero-order chi connectivity index (χ0) is 15.7. The van der Waals surface area contributed by atoms with Gasteiger partial charge in [0.15, 0.2) is 0 Å². The molecule has 1 aliphatic heterocycles. The summed E-state index contributed by atoms with van der Waals surface area (Å²) >= 11 is 0. The van der Waals surface area contributed by atoms with Crippen molar-refractivity contribution in [2.75, 3.05) is 25.5 Å². The number of aromatic nitrogens is 2. The largest absolute Gasteiger partial charge is 0.424 e. The number of benzene rings is 1. The van der Waals surface area contributed by atoms with Crippen molar-refractivity contribution in [3.63, 3.8) is 0 Å². The second-order valence-corrected chi connectivity index (χ2v) is 6.22. The molecule has 0 unspecified atom stereocenters. The van der Waals surface area contributed by atoms with Gasteiger partial charge in [-0.15, -0.1) is 10.2 Å². The van der Waals surface area contributed by atoms with Crippen molar-refractivity contribution < 1.29 is 4.42 Å². The topological polar surface area (TPSA) is 45.4 Å². The molecule has 0 bridgehead atoms. The third-order valence-electron chi connectivity index (χ3n) is 4.46. The minimum absolute atomic E-state index is 0.150. The van der Waals surface area contributed by atoms with Crippen molar-refractivity contribution in [3.05, 3.63) is 41.6 Å². The predicted molar refractivity (Wildman–Crippen MR) is 86.9 cm³/mol. The summed E-state index contributed by atoms with van der Waals surface area (Å²) in [4.78, 5) is 4.62. The van der Waals surface area contributed by atoms with Crippen molar-refractivity contribution >= 4 is 5.69 Å². The second-order valence-electron chi connectivity index (χ2n) is 6.22. The first kappa shape index (κ1) is 15.0. The van der Waals surface area contributed by atoms with Crippen LogP contribution in [0.1, 0.15) is 49.2 Å². The van der Waals surface area contributed by atoms with Gasteiger partial charge in [0.1, 0.15) is 0 Å². The van der Waals surface area contributed by atoms with Crippen LogP contribution in [0.25, 0.3) is 0 Å². The van der Waals surface area contributed by atoms with Gasteiger partial charge < -0.3 is 9.32 Å². The fourth-order valence-corrected chi connectivity index (χ4v) is 3.24. The van der Waals surface area contributed by atoms with E-state index in [9.17, 15) is 0 Å². The van der Waals surface area contributed by atoms with E-state index in [1.54, 1.807) is 0 Å². The monoisotopic (exact) mass is 300 g/mol. The molecule has 118 valence electrons. The Morgan fingerprint density at radius 2 is 2.14 bits per heavy atom. The Morgan fingerprint density at radius 1 is 1.32 bits per heavy atom. The molecule has 2 aromatic rings. The Morgan fingerprint density at radius 3 is 2.82 bits per heavy atom.